The van der Waals surface area contributed by atoms with Crippen LogP contribution in [0.2, 0.25) is 0 Å². The predicted octanol–water partition coefficient (Wildman–Crippen LogP) is 5.12. The van der Waals surface area contributed by atoms with Crippen LogP contribution in [-0.4, -0.2) is 26.6 Å². The van der Waals surface area contributed by atoms with Crippen molar-refractivity contribution in [2.75, 3.05) is 10.6 Å². The molecular formula is C25H27N7S2. The molecule has 3 rings (SSSR count). The van der Waals surface area contributed by atoms with Gasteiger partial charge in [-0.3, -0.25) is 10.9 Å². The Kier molecular flexibility index (Phi) is 8.78. The smallest absolute Gasteiger partial charge is 0.191 e. The zero-order chi connectivity index (χ0) is 24.5. The number of rotatable bonds is 6. The summed E-state index contributed by atoms with van der Waals surface area (Å²) in [5.41, 5.74) is 12.6. The summed E-state index contributed by atoms with van der Waals surface area (Å²) in [7, 11) is 0. The van der Waals surface area contributed by atoms with E-state index < -0.39 is 0 Å². The van der Waals surface area contributed by atoms with Crippen LogP contribution < -0.4 is 21.5 Å². The van der Waals surface area contributed by atoms with E-state index in [2.05, 4.69) is 36.7 Å². The van der Waals surface area contributed by atoms with E-state index in [1.165, 1.54) is 0 Å². The van der Waals surface area contributed by atoms with Gasteiger partial charge in [-0.1, -0.05) is 30.3 Å². The van der Waals surface area contributed by atoms with Crippen molar-refractivity contribution in [3.8, 4) is 0 Å². The topological polar surface area (TPSA) is 85.7 Å². The minimum absolute atomic E-state index is 0.401. The molecule has 0 aliphatic heterocycles. The molecule has 0 bridgehead atoms. The highest BCUT2D eigenvalue weighted by molar-refractivity contribution is 7.80. The molecule has 2 aromatic carbocycles. The van der Waals surface area contributed by atoms with Crippen LogP contribution >= 0.6 is 24.4 Å². The van der Waals surface area contributed by atoms with Crippen molar-refractivity contribution in [3.05, 3.63) is 89.2 Å². The van der Waals surface area contributed by atoms with Crippen LogP contribution in [-0.2, 0) is 0 Å². The van der Waals surface area contributed by atoms with Gasteiger partial charge in [-0.05, 0) is 99.7 Å². The van der Waals surface area contributed by atoms with Gasteiger partial charge in [0.05, 0.1) is 22.8 Å². The largest absolute Gasteiger partial charge is 0.331 e. The third-order valence-corrected chi connectivity index (χ3v) is 5.08. The lowest BCUT2D eigenvalue weighted by Gasteiger charge is -2.10. The number of thiocarbonyl (C=S) groups is 2. The fourth-order valence-electron chi connectivity index (χ4n) is 2.99. The molecular weight excluding hydrogens is 462 g/mol. The molecule has 1 heterocycles. The van der Waals surface area contributed by atoms with Crippen LogP contribution in [0.15, 0.2) is 76.9 Å². The first-order chi connectivity index (χ1) is 16.3. The number of anilines is 2. The van der Waals surface area contributed by atoms with Gasteiger partial charge in [0.25, 0.3) is 0 Å². The summed E-state index contributed by atoms with van der Waals surface area (Å²) < 4.78 is 0. The monoisotopic (exact) mass is 489 g/mol. The molecule has 0 unspecified atom stereocenters. The Labute approximate surface area is 210 Å². The average molecular weight is 490 g/mol. The Hall–Kier alpha value is -3.69. The van der Waals surface area contributed by atoms with Crippen molar-refractivity contribution in [2.24, 2.45) is 10.2 Å². The maximum Gasteiger partial charge on any atom is 0.191 e. The number of pyridine rings is 1. The third kappa shape index (κ3) is 7.72. The Morgan fingerprint density at radius 2 is 1.09 bits per heavy atom. The fraction of sp³-hybridized carbons (Fsp3) is 0.160. The van der Waals surface area contributed by atoms with Gasteiger partial charge in [-0.25, -0.2) is 4.98 Å². The molecule has 4 N–H and O–H groups in total. The zero-order valence-electron chi connectivity index (χ0n) is 19.5. The number of aromatic nitrogens is 1. The molecule has 0 spiro atoms. The molecule has 0 amide bonds. The molecule has 174 valence electrons. The summed E-state index contributed by atoms with van der Waals surface area (Å²) in [5, 5.41) is 15.7. The molecule has 34 heavy (non-hydrogen) atoms. The standard InChI is InChI=1S/C25H27N7S2/c1-16-8-5-10-20(14-16)26-24(33)31-29-18(3)22-12-7-13-23(28-22)19(4)30-32-25(34)27-21-11-6-9-17(2)15-21/h5-15H,1-4H3,(H2,26,31,33)(H2,27,32,34). The summed E-state index contributed by atoms with van der Waals surface area (Å²) in [4.78, 5) is 4.65. The van der Waals surface area contributed by atoms with Crippen LogP contribution in [0.5, 0.6) is 0 Å². The van der Waals surface area contributed by atoms with Crippen molar-refractivity contribution in [1.82, 2.24) is 15.8 Å². The van der Waals surface area contributed by atoms with Crippen LogP contribution in [0.3, 0.4) is 0 Å². The first kappa shape index (κ1) is 24.9. The molecule has 1 aromatic heterocycles. The van der Waals surface area contributed by atoms with Crippen molar-refractivity contribution < 1.29 is 0 Å². The molecule has 0 atom stereocenters. The second kappa shape index (κ2) is 12.0. The highest BCUT2D eigenvalue weighted by Gasteiger charge is 2.06. The molecule has 7 nitrogen and oxygen atoms in total. The van der Waals surface area contributed by atoms with E-state index in [1.807, 2.05) is 94.4 Å². The van der Waals surface area contributed by atoms with Gasteiger partial charge in [-0.15, -0.1) is 0 Å². The number of nitrogens with one attached hydrogen (secondary N) is 4. The Balaban J connectivity index is 1.59. The van der Waals surface area contributed by atoms with E-state index in [0.29, 0.717) is 33.0 Å². The molecule has 0 radical (unpaired) electrons. The van der Waals surface area contributed by atoms with Gasteiger partial charge in [0.1, 0.15) is 0 Å². The van der Waals surface area contributed by atoms with Gasteiger partial charge in [0.15, 0.2) is 10.2 Å². The van der Waals surface area contributed by atoms with E-state index >= 15 is 0 Å². The Morgan fingerprint density at radius 1 is 0.676 bits per heavy atom. The van der Waals surface area contributed by atoms with Crippen molar-refractivity contribution in [3.63, 3.8) is 0 Å². The van der Waals surface area contributed by atoms with E-state index in [1.54, 1.807) is 0 Å². The summed E-state index contributed by atoms with van der Waals surface area (Å²) >= 11 is 10.7. The number of benzene rings is 2. The molecule has 0 saturated heterocycles. The highest BCUT2D eigenvalue weighted by atomic mass is 32.1. The molecule has 3 aromatic rings. The SMILES string of the molecule is CC(=NNC(=S)Nc1cccc(C)c1)c1cccc(C(C)=NNC(=S)Nc2cccc(C)c2)n1. The normalized spacial score (nSPS) is 11.5. The second-order valence-corrected chi connectivity index (χ2v) is 8.49. The van der Waals surface area contributed by atoms with Gasteiger partial charge in [0, 0.05) is 11.4 Å². The van der Waals surface area contributed by atoms with Crippen LogP contribution in [0.1, 0.15) is 36.4 Å². The zero-order valence-corrected chi connectivity index (χ0v) is 21.1. The van der Waals surface area contributed by atoms with Gasteiger partial charge >= 0.3 is 0 Å². The first-order valence-corrected chi connectivity index (χ1v) is 11.5. The molecule has 0 aliphatic carbocycles. The van der Waals surface area contributed by atoms with Crippen molar-refractivity contribution in [1.29, 1.82) is 0 Å². The highest BCUT2D eigenvalue weighted by Crippen LogP contribution is 2.10. The van der Waals surface area contributed by atoms with Crippen molar-refractivity contribution in [2.45, 2.75) is 27.7 Å². The van der Waals surface area contributed by atoms with Gasteiger partial charge in [-0.2, -0.15) is 10.2 Å². The number of hydrazone groups is 2. The summed E-state index contributed by atoms with van der Waals surface area (Å²) in [6.45, 7) is 7.77. The fourth-order valence-corrected chi connectivity index (χ4v) is 3.31. The van der Waals surface area contributed by atoms with Crippen molar-refractivity contribution >= 4 is 57.5 Å². The lowest BCUT2D eigenvalue weighted by Crippen LogP contribution is -2.25. The molecule has 9 heteroatoms. The number of nitrogens with zero attached hydrogens (tertiary/aromatic N) is 3. The van der Waals surface area contributed by atoms with Crippen LogP contribution in [0, 0.1) is 13.8 Å². The van der Waals surface area contributed by atoms with Gasteiger partial charge in [0.2, 0.25) is 0 Å². The molecule has 0 fully saturated rings. The second-order valence-electron chi connectivity index (χ2n) is 7.67. The molecule has 0 aliphatic rings. The number of hydrogen-bond acceptors (Lipinski definition) is 5. The number of aryl methyl sites for hydroxylation is 2. The van der Waals surface area contributed by atoms with Gasteiger partial charge < -0.3 is 10.6 Å². The Morgan fingerprint density at radius 3 is 1.50 bits per heavy atom. The third-order valence-electron chi connectivity index (χ3n) is 4.69. The molecule has 0 saturated carbocycles. The van der Waals surface area contributed by atoms with E-state index in [9.17, 15) is 0 Å². The lowest BCUT2D eigenvalue weighted by atomic mass is 10.2. The minimum Gasteiger partial charge on any atom is -0.331 e. The minimum atomic E-state index is 0.401. The lowest BCUT2D eigenvalue weighted by molar-refractivity contribution is 1.02. The van der Waals surface area contributed by atoms with E-state index in [0.717, 1.165) is 22.5 Å². The maximum absolute atomic E-state index is 5.33. The Bertz CT molecular complexity index is 1160. The van der Waals surface area contributed by atoms with Crippen LogP contribution in [0.4, 0.5) is 11.4 Å². The maximum atomic E-state index is 5.33. The van der Waals surface area contributed by atoms with E-state index in [-0.39, 0.29) is 0 Å². The summed E-state index contributed by atoms with van der Waals surface area (Å²) in [5.74, 6) is 0. The predicted molar refractivity (Wildman–Crippen MR) is 150 cm³/mol. The van der Waals surface area contributed by atoms with E-state index in [4.69, 9.17) is 24.4 Å². The number of hydrogen-bond donors (Lipinski definition) is 4. The summed E-state index contributed by atoms with van der Waals surface area (Å²) in [6.07, 6.45) is 0. The average Bonchev–Trinajstić information content (AvgIpc) is 2.81. The quantitative estimate of drug-likeness (QED) is 0.217. The summed E-state index contributed by atoms with van der Waals surface area (Å²) in [6, 6.07) is 21.6. The van der Waals surface area contributed by atoms with Crippen LogP contribution in [0.25, 0.3) is 0 Å². The first-order valence-electron chi connectivity index (χ1n) is 10.6.